The van der Waals surface area contributed by atoms with E-state index in [9.17, 15) is 0 Å². The molecule has 1 aromatic carbocycles. The van der Waals surface area contributed by atoms with Crippen LogP contribution in [0, 0.1) is 6.92 Å². The zero-order valence-electron chi connectivity index (χ0n) is 18.0. The van der Waals surface area contributed by atoms with Crippen LogP contribution in [0.25, 0.3) is 0 Å². The van der Waals surface area contributed by atoms with Gasteiger partial charge in [-0.25, -0.2) is 0 Å². The van der Waals surface area contributed by atoms with Gasteiger partial charge in [-0.3, -0.25) is 4.68 Å². The summed E-state index contributed by atoms with van der Waals surface area (Å²) in [6.45, 7) is 8.02. The number of methoxy groups -OCH3 is 2. The van der Waals surface area contributed by atoms with Gasteiger partial charge in [0.05, 0.1) is 13.7 Å². The maximum absolute atomic E-state index is 5.38. The molecule has 0 atom stereocenters. The van der Waals surface area contributed by atoms with E-state index in [2.05, 4.69) is 47.5 Å². The fourth-order valence-electron chi connectivity index (χ4n) is 4.07. The van der Waals surface area contributed by atoms with Crippen LogP contribution in [-0.2, 0) is 18.2 Å². The molecule has 3 rings (SSSR count). The van der Waals surface area contributed by atoms with Gasteiger partial charge in [-0.1, -0.05) is 13.3 Å². The van der Waals surface area contributed by atoms with Crippen molar-refractivity contribution in [2.45, 2.75) is 39.5 Å². The molecule has 1 aliphatic heterocycles. The van der Waals surface area contributed by atoms with Crippen LogP contribution in [0.4, 0.5) is 17.3 Å². The van der Waals surface area contributed by atoms with Crippen molar-refractivity contribution < 1.29 is 9.47 Å². The third-order valence-electron chi connectivity index (χ3n) is 5.50. The van der Waals surface area contributed by atoms with E-state index in [-0.39, 0.29) is 0 Å². The fourth-order valence-corrected chi connectivity index (χ4v) is 4.07. The molecule has 2 aromatic rings. The van der Waals surface area contributed by atoms with Gasteiger partial charge in [0.25, 0.3) is 0 Å². The highest BCUT2D eigenvalue weighted by Crippen LogP contribution is 2.39. The van der Waals surface area contributed by atoms with Gasteiger partial charge < -0.3 is 19.3 Å². The molecule has 1 aliphatic rings. The minimum absolute atomic E-state index is 0.727. The molecule has 1 aromatic heterocycles. The standard InChI is InChI=1S/C22H34N4O2/c1-6-7-12-25(14-15-27-4)22-19-9-8-13-26(21(19)23-24(22)3)20-11-10-18(28-5)16-17(20)2/h10-11,16H,6-9,12-15H2,1-5H3. The molecular formula is C22H34N4O2. The van der Waals surface area contributed by atoms with E-state index < -0.39 is 0 Å². The summed E-state index contributed by atoms with van der Waals surface area (Å²) < 4.78 is 12.8. The number of nitrogens with zero attached hydrogens (tertiary/aromatic N) is 4. The lowest BCUT2D eigenvalue weighted by atomic mass is 10.0. The van der Waals surface area contributed by atoms with Gasteiger partial charge in [-0.2, -0.15) is 5.10 Å². The summed E-state index contributed by atoms with van der Waals surface area (Å²) >= 11 is 0. The monoisotopic (exact) mass is 386 g/mol. The van der Waals surface area contributed by atoms with Crippen LogP contribution in [0.1, 0.15) is 37.3 Å². The van der Waals surface area contributed by atoms with E-state index in [0.29, 0.717) is 0 Å². The topological polar surface area (TPSA) is 42.8 Å². The van der Waals surface area contributed by atoms with Crippen molar-refractivity contribution >= 4 is 17.3 Å². The largest absolute Gasteiger partial charge is 0.497 e. The predicted octanol–water partition coefficient (Wildman–Crippen LogP) is 4.07. The quantitative estimate of drug-likeness (QED) is 0.650. The third kappa shape index (κ3) is 4.12. The lowest BCUT2D eigenvalue weighted by molar-refractivity contribution is 0.204. The van der Waals surface area contributed by atoms with Gasteiger partial charge in [0, 0.05) is 45.0 Å². The normalized spacial score (nSPS) is 13.5. The molecular weight excluding hydrogens is 352 g/mol. The van der Waals surface area contributed by atoms with Crippen LogP contribution in [-0.4, -0.2) is 50.2 Å². The number of anilines is 3. The van der Waals surface area contributed by atoms with E-state index in [1.165, 1.54) is 35.5 Å². The van der Waals surface area contributed by atoms with E-state index in [1.54, 1.807) is 14.2 Å². The molecule has 2 heterocycles. The lowest BCUT2D eigenvalue weighted by Crippen LogP contribution is -2.31. The Balaban J connectivity index is 1.98. The summed E-state index contributed by atoms with van der Waals surface area (Å²) in [7, 11) is 5.55. The first-order valence-corrected chi connectivity index (χ1v) is 10.3. The highest BCUT2D eigenvalue weighted by molar-refractivity contribution is 5.72. The highest BCUT2D eigenvalue weighted by atomic mass is 16.5. The first kappa shape index (κ1) is 20.5. The molecule has 0 unspecified atom stereocenters. The van der Waals surface area contributed by atoms with Crippen LogP contribution in [0.3, 0.4) is 0 Å². The van der Waals surface area contributed by atoms with E-state index in [4.69, 9.17) is 14.6 Å². The average molecular weight is 387 g/mol. The lowest BCUT2D eigenvalue weighted by Gasteiger charge is -2.31. The van der Waals surface area contributed by atoms with Crippen LogP contribution in [0.2, 0.25) is 0 Å². The molecule has 0 fully saturated rings. The van der Waals surface area contributed by atoms with Crippen molar-refractivity contribution in [1.29, 1.82) is 0 Å². The number of fused-ring (bicyclic) bond motifs is 1. The molecule has 0 bridgehead atoms. The summed E-state index contributed by atoms with van der Waals surface area (Å²) in [5.41, 5.74) is 3.78. The average Bonchev–Trinajstić information content (AvgIpc) is 3.04. The molecule has 0 aliphatic carbocycles. The van der Waals surface area contributed by atoms with Gasteiger partial charge in [0.2, 0.25) is 0 Å². The van der Waals surface area contributed by atoms with Gasteiger partial charge in [-0.05, 0) is 49.9 Å². The summed E-state index contributed by atoms with van der Waals surface area (Å²) in [6.07, 6.45) is 4.55. The number of hydrogen-bond acceptors (Lipinski definition) is 5. The second-order valence-corrected chi connectivity index (χ2v) is 7.49. The molecule has 0 saturated heterocycles. The summed E-state index contributed by atoms with van der Waals surface area (Å²) in [5, 5.41) is 4.96. The zero-order chi connectivity index (χ0) is 20.1. The third-order valence-corrected chi connectivity index (χ3v) is 5.50. The Kier molecular flexibility index (Phi) is 6.83. The van der Waals surface area contributed by atoms with Crippen LogP contribution in [0.5, 0.6) is 5.75 Å². The first-order chi connectivity index (χ1) is 13.6. The number of aryl methyl sites for hydroxylation is 2. The van der Waals surface area contributed by atoms with Crippen LogP contribution in [0.15, 0.2) is 18.2 Å². The molecule has 28 heavy (non-hydrogen) atoms. The van der Waals surface area contributed by atoms with Gasteiger partial charge in [-0.15, -0.1) is 0 Å². The molecule has 0 saturated carbocycles. The second-order valence-electron chi connectivity index (χ2n) is 7.49. The maximum Gasteiger partial charge on any atom is 0.160 e. The molecule has 0 spiro atoms. The van der Waals surface area contributed by atoms with Crippen molar-refractivity contribution in [3.63, 3.8) is 0 Å². The summed E-state index contributed by atoms with van der Waals surface area (Å²) in [4.78, 5) is 4.81. The molecule has 154 valence electrons. The second kappa shape index (κ2) is 9.32. The number of benzene rings is 1. The van der Waals surface area contributed by atoms with Crippen LogP contribution < -0.4 is 14.5 Å². The van der Waals surface area contributed by atoms with Gasteiger partial charge in [0.1, 0.15) is 11.6 Å². The van der Waals surface area contributed by atoms with E-state index in [1.807, 2.05) is 6.07 Å². The minimum Gasteiger partial charge on any atom is -0.497 e. The Bertz CT molecular complexity index is 779. The van der Waals surface area contributed by atoms with Crippen molar-refractivity contribution in [3.8, 4) is 5.75 Å². The van der Waals surface area contributed by atoms with Gasteiger partial charge in [0.15, 0.2) is 5.82 Å². The Morgan fingerprint density at radius 2 is 2.04 bits per heavy atom. The van der Waals surface area contributed by atoms with Crippen LogP contribution >= 0.6 is 0 Å². The van der Waals surface area contributed by atoms with Crippen molar-refractivity contribution in [3.05, 3.63) is 29.3 Å². The fraction of sp³-hybridized carbons (Fsp3) is 0.591. The van der Waals surface area contributed by atoms with Crippen molar-refractivity contribution in [1.82, 2.24) is 9.78 Å². The first-order valence-electron chi connectivity index (χ1n) is 10.3. The Hall–Kier alpha value is -2.21. The molecule has 0 radical (unpaired) electrons. The SMILES string of the molecule is CCCCN(CCOC)c1c2c(nn1C)N(c1ccc(OC)cc1C)CCC2. The Labute approximate surface area is 169 Å². The zero-order valence-corrected chi connectivity index (χ0v) is 18.0. The molecule has 6 nitrogen and oxygen atoms in total. The summed E-state index contributed by atoms with van der Waals surface area (Å²) in [5.74, 6) is 3.23. The highest BCUT2D eigenvalue weighted by Gasteiger charge is 2.29. The molecule has 6 heteroatoms. The summed E-state index contributed by atoms with van der Waals surface area (Å²) in [6, 6.07) is 6.28. The van der Waals surface area contributed by atoms with E-state index >= 15 is 0 Å². The minimum atomic E-state index is 0.727. The predicted molar refractivity (Wildman–Crippen MR) is 115 cm³/mol. The number of hydrogen-bond donors (Lipinski definition) is 0. The number of ether oxygens (including phenoxy) is 2. The van der Waals surface area contributed by atoms with Gasteiger partial charge >= 0.3 is 0 Å². The smallest absolute Gasteiger partial charge is 0.160 e. The Morgan fingerprint density at radius 3 is 2.71 bits per heavy atom. The van der Waals surface area contributed by atoms with Crippen molar-refractivity contribution in [2.24, 2.45) is 7.05 Å². The van der Waals surface area contributed by atoms with E-state index in [0.717, 1.165) is 50.7 Å². The number of rotatable bonds is 9. The maximum atomic E-state index is 5.38. The molecule has 0 amide bonds. The number of unbranched alkanes of at least 4 members (excludes halogenated alkanes) is 1. The molecule has 0 N–H and O–H groups in total. The van der Waals surface area contributed by atoms with Crippen molar-refractivity contribution in [2.75, 3.05) is 50.3 Å². The Morgan fingerprint density at radius 1 is 1.21 bits per heavy atom. The number of aromatic nitrogens is 2.